The second-order valence-electron chi connectivity index (χ2n) is 7.97. The molecule has 5 nitrogen and oxygen atoms in total. The van der Waals surface area contributed by atoms with Crippen molar-refractivity contribution in [1.82, 2.24) is 9.62 Å². The van der Waals surface area contributed by atoms with Crippen LogP contribution in [0.1, 0.15) is 24.8 Å². The van der Waals surface area contributed by atoms with E-state index in [-0.39, 0.29) is 11.7 Å². The second kappa shape index (κ2) is 6.65. The van der Waals surface area contributed by atoms with Gasteiger partial charge in [-0.25, -0.2) is 13.1 Å². The number of ether oxygens (including phenoxy) is 1. The van der Waals surface area contributed by atoms with Gasteiger partial charge in [0.2, 0.25) is 10.0 Å². The summed E-state index contributed by atoms with van der Waals surface area (Å²) in [7, 11) is -3.14. The van der Waals surface area contributed by atoms with Crippen molar-refractivity contribution in [2.45, 2.75) is 37.4 Å². The first-order valence-corrected chi connectivity index (χ1v) is 11.2. The Hall–Kier alpha value is -0.950. The SMILES string of the molecule is CS(=O)(=O)NC[C@H]1[C@H]2CN(CCCc3ccccc3)C[C@]23CC[C@H]1O3. The van der Waals surface area contributed by atoms with Crippen LogP contribution in [0.4, 0.5) is 0 Å². The van der Waals surface area contributed by atoms with Crippen LogP contribution >= 0.6 is 0 Å². The molecule has 0 aliphatic carbocycles. The Labute approximate surface area is 150 Å². The summed E-state index contributed by atoms with van der Waals surface area (Å²) < 4.78 is 32.0. The Balaban J connectivity index is 1.33. The van der Waals surface area contributed by atoms with Crippen molar-refractivity contribution in [1.29, 1.82) is 0 Å². The number of likely N-dealkylation sites (tertiary alicyclic amines) is 1. The van der Waals surface area contributed by atoms with Gasteiger partial charge in [0.1, 0.15) is 0 Å². The Bertz CT molecular complexity index is 709. The van der Waals surface area contributed by atoms with Gasteiger partial charge >= 0.3 is 0 Å². The molecular formula is C19H28N2O3S. The molecule has 3 saturated heterocycles. The van der Waals surface area contributed by atoms with Crippen molar-refractivity contribution < 1.29 is 13.2 Å². The van der Waals surface area contributed by atoms with Crippen molar-refractivity contribution in [3.8, 4) is 0 Å². The fourth-order valence-corrected chi connectivity index (χ4v) is 5.62. The van der Waals surface area contributed by atoms with E-state index in [4.69, 9.17) is 4.74 Å². The van der Waals surface area contributed by atoms with Gasteiger partial charge < -0.3 is 9.64 Å². The first-order chi connectivity index (χ1) is 12.0. The zero-order valence-electron chi connectivity index (χ0n) is 14.9. The van der Waals surface area contributed by atoms with Crippen molar-refractivity contribution in [3.05, 3.63) is 35.9 Å². The second-order valence-corrected chi connectivity index (χ2v) is 9.81. The summed E-state index contributed by atoms with van der Waals surface area (Å²) in [6.07, 6.45) is 5.95. The van der Waals surface area contributed by atoms with Gasteiger partial charge in [-0.2, -0.15) is 0 Å². The summed E-state index contributed by atoms with van der Waals surface area (Å²) in [5.74, 6) is 0.792. The molecule has 138 valence electrons. The van der Waals surface area contributed by atoms with Crippen LogP contribution in [0.25, 0.3) is 0 Å². The van der Waals surface area contributed by atoms with Crippen molar-refractivity contribution >= 4 is 10.0 Å². The van der Waals surface area contributed by atoms with Crippen molar-refractivity contribution in [2.75, 3.05) is 32.4 Å². The lowest BCUT2D eigenvalue weighted by atomic mass is 9.74. The number of nitrogens with zero attached hydrogens (tertiary/aromatic N) is 1. The predicted molar refractivity (Wildman–Crippen MR) is 97.9 cm³/mol. The van der Waals surface area contributed by atoms with E-state index in [1.165, 1.54) is 11.8 Å². The highest BCUT2D eigenvalue weighted by molar-refractivity contribution is 7.88. The number of nitrogens with one attached hydrogen (secondary N) is 1. The maximum atomic E-state index is 11.5. The molecule has 0 radical (unpaired) electrons. The minimum Gasteiger partial charge on any atom is -0.370 e. The minimum absolute atomic E-state index is 0.0126. The monoisotopic (exact) mass is 364 g/mol. The summed E-state index contributed by atoms with van der Waals surface area (Å²) in [5.41, 5.74) is 1.38. The third kappa shape index (κ3) is 3.63. The quantitative estimate of drug-likeness (QED) is 0.799. The van der Waals surface area contributed by atoms with Crippen LogP contribution in [0.15, 0.2) is 30.3 Å². The molecule has 1 N–H and O–H groups in total. The summed E-state index contributed by atoms with van der Waals surface area (Å²) >= 11 is 0. The fourth-order valence-electron chi connectivity index (χ4n) is 5.13. The van der Waals surface area contributed by atoms with E-state index in [2.05, 4.69) is 40.0 Å². The molecule has 3 heterocycles. The summed E-state index contributed by atoms with van der Waals surface area (Å²) in [6.45, 7) is 3.67. The largest absolute Gasteiger partial charge is 0.370 e. The Morgan fingerprint density at radius 2 is 2.12 bits per heavy atom. The van der Waals surface area contributed by atoms with Crippen molar-refractivity contribution in [2.24, 2.45) is 11.8 Å². The van der Waals surface area contributed by atoms with Crippen LogP contribution in [-0.2, 0) is 21.2 Å². The highest BCUT2D eigenvalue weighted by atomic mass is 32.2. The van der Waals surface area contributed by atoms with Crippen LogP contribution in [0.3, 0.4) is 0 Å². The van der Waals surface area contributed by atoms with Gasteiger partial charge in [0.25, 0.3) is 0 Å². The zero-order chi connectivity index (χ0) is 17.5. The summed E-state index contributed by atoms with van der Waals surface area (Å²) in [5, 5.41) is 0. The molecule has 3 aliphatic rings. The van der Waals surface area contributed by atoms with Gasteiger partial charge in [-0.15, -0.1) is 0 Å². The molecule has 25 heavy (non-hydrogen) atoms. The molecule has 6 heteroatoms. The Kier molecular flexibility index (Phi) is 4.65. The fraction of sp³-hybridized carbons (Fsp3) is 0.684. The molecule has 3 fully saturated rings. The zero-order valence-corrected chi connectivity index (χ0v) is 15.7. The first kappa shape index (κ1) is 17.5. The molecule has 2 bridgehead atoms. The Morgan fingerprint density at radius 1 is 1.32 bits per heavy atom. The molecule has 0 amide bonds. The van der Waals surface area contributed by atoms with E-state index >= 15 is 0 Å². The number of benzene rings is 1. The maximum Gasteiger partial charge on any atom is 0.208 e. The van der Waals surface area contributed by atoms with Crippen LogP contribution in [-0.4, -0.2) is 57.5 Å². The summed E-state index contributed by atoms with van der Waals surface area (Å²) in [6, 6.07) is 10.6. The third-order valence-electron chi connectivity index (χ3n) is 6.22. The average molecular weight is 365 g/mol. The lowest BCUT2D eigenvalue weighted by Crippen LogP contribution is -2.41. The maximum absolute atomic E-state index is 11.5. The van der Waals surface area contributed by atoms with E-state index in [0.29, 0.717) is 18.4 Å². The standard InChI is InChI=1S/C19H28N2O3S/c1-25(22,23)20-12-16-17-13-21(14-19(17)10-9-18(16)24-19)11-5-8-15-6-3-2-4-7-15/h2-4,6-7,16-18,20H,5,8-14H2,1H3/t16-,17+,18+,19+/m0/s1. The van der Waals surface area contributed by atoms with Crippen LogP contribution in [0, 0.1) is 11.8 Å². The normalized spacial score (nSPS) is 34.5. The molecule has 1 aromatic carbocycles. The average Bonchev–Trinajstić information content (AvgIpc) is 3.21. The lowest BCUT2D eigenvalue weighted by molar-refractivity contribution is 0.00278. The number of hydrogen-bond acceptors (Lipinski definition) is 4. The third-order valence-corrected chi connectivity index (χ3v) is 6.91. The van der Waals surface area contributed by atoms with E-state index < -0.39 is 10.0 Å². The molecule has 1 aromatic rings. The number of sulfonamides is 1. The topological polar surface area (TPSA) is 58.6 Å². The number of aryl methyl sites for hydroxylation is 1. The molecule has 0 aromatic heterocycles. The van der Waals surface area contributed by atoms with Gasteiger partial charge in [0.15, 0.2) is 0 Å². The van der Waals surface area contributed by atoms with Crippen LogP contribution in [0.2, 0.25) is 0 Å². The van der Waals surface area contributed by atoms with E-state index in [9.17, 15) is 8.42 Å². The number of hydrogen-bond donors (Lipinski definition) is 1. The number of rotatable bonds is 7. The number of fused-ring (bicyclic) bond motifs is 1. The predicted octanol–water partition coefficient (Wildman–Crippen LogP) is 1.65. The molecule has 4 rings (SSSR count). The molecule has 0 saturated carbocycles. The van der Waals surface area contributed by atoms with Crippen molar-refractivity contribution in [3.63, 3.8) is 0 Å². The molecular weight excluding hydrogens is 336 g/mol. The van der Waals surface area contributed by atoms with Crippen LogP contribution in [0.5, 0.6) is 0 Å². The van der Waals surface area contributed by atoms with Gasteiger partial charge in [-0.3, -0.25) is 0 Å². The lowest BCUT2D eigenvalue weighted by Gasteiger charge is -2.29. The molecule has 4 atom stereocenters. The van der Waals surface area contributed by atoms with Gasteiger partial charge in [-0.1, -0.05) is 30.3 Å². The van der Waals surface area contributed by atoms with Gasteiger partial charge in [-0.05, 0) is 37.8 Å². The molecule has 1 spiro atoms. The Morgan fingerprint density at radius 3 is 2.88 bits per heavy atom. The van der Waals surface area contributed by atoms with Crippen LogP contribution < -0.4 is 4.72 Å². The van der Waals surface area contributed by atoms with Gasteiger partial charge in [0, 0.05) is 31.5 Å². The highest BCUT2D eigenvalue weighted by Gasteiger charge is 2.62. The highest BCUT2D eigenvalue weighted by Crippen LogP contribution is 2.54. The first-order valence-electron chi connectivity index (χ1n) is 9.34. The van der Waals surface area contributed by atoms with E-state index in [0.717, 1.165) is 45.3 Å². The van der Waals surface area contributed by atoms with E-state index in [1.54, 1.807) is 0 Å². The van der Waals surface area contributed by atoms with E-state index in [1.807, 2.05) is 0 Å². The van der Waals surface area contributed by atoms with Gasteiger partial charge in [0.05, 0.1) is 18.0 Å². The smallest absolute Gasteiger partial charge is 0.208 e. The molecule has 3 aliphatic heterocycles. The summed E-state index contributed by atoms with van der Waals surface area (Å²) in [4.78, 5) is 2.53. The minimum atomic E-state index is -3.14. The molecule has 0 unspecified atom stereocenters.